The van der Waals surface area contributed by atoms with Crippen molar-refractivity contribution < 1.29 is 19.8 Å². The van der Waals surface area contributed by atoms with Crippen molar-refractivity contribution in [1.29, 1.82) is 0 Å². The average Bonchev–Trinajstić information content (AvgIpc) is 2.97. The molecule has 0 spiro atoms. The van der Waals surface area contributed by atoms with Gasteiger partial charge >= 0.3 is 5.97 Å². The van der Waals surface area contributed by atoms with E-state index in [-0.39, 0.29) is 17.6 Å². The lowest BCUT2D eigenvalue weighted by Crippen LogP contribution is -2.43. The maximum absolute atomic E-state index is 12.5. The highest BCUT2D eigenvalue weighted by atomic mass is 16.4. The number of carboxylic acid groups (broad SMARTS) is 1. The van der Waals surface area contributed by atoms with Crippen molar-refractivity contribution in [2.45, 2.75) is 25.3 Å². The molecule has 3 atom stereocenters. The first-order chi connectivity index (χ1) is 9.58. The van der Waals surface area contributed by atoms with E-state index >= 15 is 0 Å². The molecule has 1 aromatic rings. The number of phenols is 1. The van der Waals surface area contributed by atoms with Gasteiger partial charge in [0.05, 0.1) is 0 Å². The topological polar surface area (TPSA) is 77.8 Å². The van der Waals surface area contributed by atoms with Crippen molar-refractivity contribution in [3.05, 3.63) is 29.8 Å². The number of aromatic hydroxyl groups is 1. The van der Waals surface area contributed by atoms with Crippen LogP contribution < -0.4 is 0 Å². The molecular weight excluding hydrogens is 258 g/mol. The molecule has 0 bridgehead atoms. The maximum Gasteiger partial charge on any atom is 0.326 e. The number of aliphatic carboxylic acids is 1. The molecule has 0 radical (unpaired) electrons. The van der Waals surface area contributed by atoms with Crippen LogP contribution in [0.5, 0.6) is 5.75 Å². The lowest BCUT2D eigenvalue weighted by atomic mass is 9.94. The minimum atomic E-state index is -0.911. The van der Waals surface area contributed by atoms with Crippen LogP contribution in [0.3, 0.4) is 0 Å². The second-order valence-electron chi connectivity index (χ2n) is 5.64. The first-order valence-corrected chi connectivity index (χ1v) is 6.90. The summed E-state index contributed by atoms with van der Waals surface area (Å²) in [6.07, 6.45) is 2.95. The lowest BCUT2D eigenvalue weighted by Gasteiger charge is -2.24. The van der Waals surface area contributed by atoms with Gasteiger partial charge in [-0.3, -0.25) is 4.79 Å². The molecule has 1 aromatic carbocycles. The molecule has 2 fully saturated rings. The molecule has 2 N–H and O–H groups in total. The van der Waals surface area contributed by atoms with Gasteiger partial charge in [0, 0.05) is 12.1 Å². The minimum absolute atomic E-state index is 0.0913. The number of benzene rings is 1. The fraction of sp³-hybridized carbons (Fsp3) is 0.467. The van der Waals surface area contributed by atoms with Crippen LogP contribution in [0.25, 0.3) is 0 Å². The summed E-state index contributed by atoms with van der Waals surface area (Å²) in [4.78, 5) is 25.5. The molecule has 3 rings (SSSR count). The first-order valence-electron chi connectivity index (χ1n) is 6.90. The molecule has 0 aromatic heterocycles. The van der Waals surface area contributed by atoms with E-state index < -0.39 is 12.0 Å². The molecule has 1 saturated carbocycles. The molecule has 5 heteroatoms. The molecule has 1 aliphatic heterocycles. The Morgan fingerprint density at radius 3 is 2.50 bits per heavy atom. The third kappa shape index (κ3) is 2.03. The minimum Gasteiger partial charge on any atom is -0.508 e. The standard InChI is InChI=1S/C15H17NO4/c17-11-6-4-9(5-7-11)14(18)16-8-10-2-1-3-12(10)13(16)15(19)20/h4-7,10,12-13,17H,1-3,8H2,(H,19,20). The summed E-state index contributed by atoms with van der Waals surface area (Å²) in [6, 6.07) is 5.25. The molecule has 1 saturated heterocycles. The van der Waals surface area contributed by atoms with Crippen LogP contribution in [0.2, 0.25) is 0 Å². The fourth-order valence-corrected chi connectivity index (χ4v) is 3.60. The van der Waals surface area contributed by atoms with E-state index in [0.717, 1.165) is 19.3 Å². The normalized spacial score (nSPS) is 28.4. The Hall–Kier alpha value is -2.04. The highest BCUT2D eigenvalue weighted by molar-refractivity contribution is 5.97. The number of carboxylic acids is 1. The zero-order valence-corrected chi connectivity index (χ0v) is 11.0. The van der Waals surface area contributed by atoms with Crippen LogP contribution in [0.15, 0.2) is 24.3 Å². The first kappa shape index (κ1) is 13.0. The number of rotatable bonds is 2. The number of likely N-dealkylation sites (tertiary alicyclic amines) is 1. The largest absolute Gasteiger partial charge is 0.508 e. The van der Waals surface area contributed by atoms with Crippen LogP contribution in [0, 0.1) is 11.8 Å². The molecule has 3 unspecified atom stereocenters. The number of hydrogen-bond acceptors (Lipinski definition) is 3. The molecule has 1 aliphatic carbocycles. The highest BCUT2D eigenvalue weighted by Gasteiger charge is 2.49. The molecule has 1 amide bonds. The lowest BCUT2D eigenvalue weighted by molar-refractivity contribution is -0.142. The summed E-state index contributed by atoms with van der Waals surface area (Å²) in [5.41, 5.74) is 0.425. The summed E-state index contributed by atoms with van der Waals surface area (Å²) in [6.45, 7) is 0.529. The predicted octanol–water partition coefficient (Wildman–Crippen LogP) is 1.72. The number of carbonyl (C=O) groups excluding carboxylic acids is 1. The molecular formula is C15H17NO4. The average molecular weight is 275 g/mol. The fourth-order valence-electron chi connectivity index (χ4n) is 3.60. The Labute approximate surface area is 116 Å². The van der Waals surface area contributed by atoms with Gasteiger partial charge in [-0.1, -0.05) is 6.42 Å². The van der Waals surface area contributed by atoms with E-state index in [0.29, 0.717) is 18.0 Å². The van der Waals surface area contributed by atoms with Gasteiger partial charge in [-0.15, -0.1) is 0 Å². The maximum atomic E-state index is 12.5. The van der Waals surface area contributed by atoms with E-state index in [1.165, 1.54) is 29.2 Å². The van der Waals surface area contributed by atoms with Crippen molar-refractivity contribution in [2.24, 2.45) is 11.8 Å². The van der Waals surface area contributed by atoms with Crippen LogP contribution in [0.4, 0.5) is 0 Å². The SMILES string of the molecule is O=C(O)C1C2CCCC2CN1C(=O)c1ccc(O)cc1. The summed E-state index contributed by atoms with van der Waals surface area (Å²) >= 11 is 0. The predicted molar refractivity (Wildman–Crippen MR) is 71.4 cm³/mol. The van der Waals surface area contributed by atoms with Gasteiger partial charge in [0.2, 0.25) is 0 Å². The smallest absolute Gasteiger partial charge is 0.326 e. The Morgan fingerprint density at radius 2 is 1.85 bits per heavy atom. The summed E-state index contributed by atoms with van der Waals surface area (Å²) < 4.78 is 0. The van der Waals surface area contributed by atoms with Crippen molar-refractivity contribution >= 4 is 11.9 Å². The van der Waals surface area contributed by atoms with Gasteiger partial charge in [-0.25, -0.2) is 4.79 Å². The zero-order chi connectivity index (χ0) is 14.3. The number of amides is 1. The number of hydrogen-bond donors (Lipinski definition) is 2. The van der Waals surface area contributed by atoms with E-state index in [1.54, 1.807) is 0 Å². The van der Waals surface area contributed by atoms with Crippen LogP contribution in [-0.4, -0.2) is 39.6 Å². The molecule has 106 valence electrons. The number of phenolic OH excluding ortho intramolecular Hbond substituents is 1. The van der Waals surface area contributed by atoms with E-state index in [1.807, 2.05) is 0 Å². The van der Waals surface area contributed by atoms with E-state index in [4.69, 9.17) is 0 Å². The number of fused-ring (bicyclic) bond motifs is 1. The Morgan fingerprint density at radius 1 is 1.15 bits per heavy atom. The van der Waals surface area contributed by atoms with Gasteiger partial charge in [-0.2, -0.15) is 0 Å². The Kier molecular flexibility index (Phi) is 3.12. The van der Waals surface area contributed by atoms with Gasteiger partial charge < -0.3 is 15.1 Å². The Bertz CT molecular complexity index is 539. The second-order valence-corrected chi connectivity index (χ2v) is 5.64. The van der Waals surface area contributed by atoms with Crippen molar-refractivity contribution in [3.8, 4) is 5.75 Å². The summed E-state index contributed by atoms with van der Waals surface area (Å²) in [7, 11) is 0. The van der Waals surface area contributed by atoms with Crippen LogP contribution >= 0.6 is 0 Å². The highest BCUT2D eigenvalue weighted by Crippen LogP contribution is 2.42. The third-order valence-corrected chi connectivity index (χ3v) is 4.52. The summed E-state index contributed by atoms with van der Waals surface area (Å²) in [5, 5.41) is 18.7. The monoisotopic (exact) mass is 275 g/mol. The number of nitrogens with zero attached hydrogens (tertiary/aromatic N) is 1. The van der Waals surface area contributed by atoms with Crippen LogP contribution in [0.1, 0.15) is 29.6 Å². The molecule has 2 aliphatic rings. The van der Waals surface area contributed by atoms with Crippen LogP contribution in [-0.2, 0) is 4.79 Å². The van der Waals surface area contributed by atoms with Gasteiger partial charge in [0.15, 0.2) is 0 Å². The third-order valence-electron chi connectivity index (χ3n) is 4.52. The Balaban J connectivity index is 1.87. The van der Waals surface area contributed by atoms with Gasteiger partial charge in [0.25, 0.3) is 5.91 Å². The summed E-state index contributed by atoms with van der Waals surface area (Å²) in [5.74, 6) is -0.668. The van der Waals surface area contributed by atoms with Gasteiger partial charge in [-0.05, 0) is 48.9 Å². The number of carbonyl (C=O) groups is 2. The van der Waals surface area contributed by atoms with E-state index in [9.17, 15) is 19.8 Å². The molecule has 5 nitrogen and oxygen atoms in total. The quantitative estimate of drug-likeness (QED) is 0.861. The zero-order valence-electron chi connectivity index (χ0n) is 11.0. The molecule has 1 heterocycles. The molecule has 20 heavy (non-hydrogen) atoms. The van der Waals surface area contributed by atoms with E-state index in [2.05, 4.69) is 0 Å². The van der Waals surface area contributed by atoms with Gasteiger partial charge in [0.1, 0.15) is 11.8 Å². The van der Waals surface area contributed by atoms with Crippen molar-refractivity contribution in [2.75, 3.05) is 6.54 Å². The second kappa shape index (κ2) is 4.81. The van der Waals surface area contributed by atoms with Crippen molar-refractivity contribution in [1.82, 2.24) is 4.90 Å². The van der Waals surface area contributed by atoms with Crippen molar-refractivity contribution in [3.63, 3.8) is 0 Å².